The number of hydrogen-bond acceptors (Lipinski definition) is 3. The highest BCUT2D eigenvalue weighted by atomic mass is 16.5. The Balaban J connectivity index is 2.37. The van der Waals surface area contributed by atoms with Gasteiger partial charge in [-0.2, -0.15) is 0 Å². The standard InChI is InChI=1S/C11H22O3/c1-7(2)4-5-11-10(13)6-9(12)8(3)14-11/h7-13H,4-6H2,1-3H3/t8?,9-,10?,11+/m1/s1. The van der Waals surface area contributed by atoms with Gasteiger partial charge in [0.15, 0.2) is 0 Å². The van der Waals surface area contributed by atoms with Crippen molar-refractivity contribution in [3.8, 4) is 0 Å². The zero-order valence-corrected chi connectivity index (χ0v) is 9.31. The van der Waals surface area contributed by atoms with Gasteiger partial charge in [0.2, 0.25) is 0 Å². The van der Waals surface area contributed by atoms with Crippen LogP contribution in [0.15, 0.2) is 0 Å². The summed E-state index contributed by atoms with van der Waals surface area (Å²) in [6, 6.07) is 0. The number of aliphatic hydroxyl groups is 2. The molecule has 0 spiro atoms. The summed E-state index contributed by atoms with van der Waals surface area (Å²) in [6.45, 7) is 6.18. The summed E-state index contributed by atoms with van der Waals surface area (Å²) in [6.07, 6.45) is 1.15. The molecule has 0 radical (unpaired) electrons. The summed E-state index contributed by atoms with van der Waals surface area (Å²) < 4.78 is 5.56. The second-order valence-electron chi connectivity index (χ2n) is 4.72. The van der Waals surface area contributed by atoms with E-state index in [9.17, 15) is 10.2 Å². The summed E-state index contributed by atoms with van der Waals surface area (Å²) in [4.78, 5) is 0. The van der Waals surface area contributed by atoms with Crippen molar-refractivity contribution >= 4 is 0 Å². The smallest absolute Gasteiger partial charge is 0.0840 e. The van der Waals surface area contributed by atoms with Gasteiger partial charge in [-0.25, -0.2) is 0 Å². The molecule has 0 aliphatic carbocycles. The highest BCUT2D eigenvalue weighted by Crippen LogP contribution is 2.24. The van der Waals surface area contributed by atoms with Crippen molar-refractivity contribution in [2.45, 2.75) is 64.4 Å². The summed E-state index contributed by atoms with van der Waals surface area (Å²) in [5.41, 5.74) is 0. The molecule has 0 amide bonds. The highest BCUT2D eigenvalue weighted by Gasteiger charge is 2.33. The van der Waals surface area contributed by atoms with Gasteiger partial charge in [-0.1, -0.05) is 13.8 Å². The van der Waals surface area contributed by atoms with Crippen LogP contribution in [0.4, 0.5) is 0 Å². The maximum atomic E-state index is 9.69. The van der Waals surface area contributed by atoms with Gasteiger partial charge in [0.1, 0.15) is 0 Å². The maximum Gasteiger partial charge on any atom is 0.0840 e. The minimum atomic E-state index is -0.514. The molecule has 0 saturated carbocycles. The summed E-state index contributed by atoms with van der Waals surface area (Å²) in [5, 5.41) is 19.1. The lowest BCUT2D eigenvalue weighted by Crippen LogP contribution is -2.45. The van der Waals surface area contributed by atoms with E-state index in [4.69, 9.17) is 4.74 Å². The van der Waals surface area contributed by atoms with Crippen molar-refractivity contribution in [1.82, 2.24) is 0 Å². The Morgan fingerprint density at radius 2 is 1.93 bits per heavy atom. The molecule has 1 aliphatic rings. The SMILES string of the molecule is CC(C)CC[C@@H]1OC(C)[C@H](O)CC1O. The Kier molecular flexibility index (Phi) is 4.35. The third-order valence-corrected chi connectivity index (χ3v) is 2.87. The van der Waals surface area contributed by atoms with E-state index in [-0.39, 0.29) is 12.2 Å². The minimum Gasteiger partial charge on any atom is -0.390 e. The van der Waals surface area contributed by atoms with E-state index in [1.807, 2.05) is 6.92 Å². The first-order valence-corrected chi connectivity index (χ1v) is 5.52. The zero-order valence-electron chi connectivity index (χ0n) is 9.31. The van der Waals surface area contributed by atoms with E-state index in [1.165, 1.54) is 0 Å². The van der Waals surface area contributed by atoms with Gasteiger partial charge in [0.25, 0.3) is 0 Å². The van der Waals surface area contributed by atoms with Crippen LogP contribution >= 0.6 is 0 Å². The molecular formula is C11H22O3. The van der Waals surface area contributed by atoms with Crippen LogP contribution in [-0.2, 0) is 4.74 Å². The molecular weight excluding hydrogens is 180 g/mol. The lowest BCUT2D eigenvalue weighted by Gasteiger charge is -2.36. The molecule has 84 valence electrons. The van der Waals surface area contributed by atoms with Crippen LogP contribution < -0.4 is 0 Å². The van der Waals surface area contributed by atoms with Gasteiger partial charge < -0.3 is 14.9 Å². The maximum absolute atomic E-state index is 9.69. The topological polar surface area (TPSA) is 49.7 Å². The molecule has 1 fully saturated rings. The zero-order chi connectivity index (χ0) is 10.7. The van der Waals surface area contributed by atoms with Gasteiger partial charge in [-0.3, -0.25) is 0 Å². The Hall–Kier alpha value is -0.120. The second-order valence-corrected chi connectivity index (χ2v) is 4.72. The van der Waals surface area contributed by atoms with Gasteiger partial charge in [-0.15, -0.1) is 0 Å². The average Bonchev–Trinajstić information content (AvgIpc) is 2.09. The largest absolute Gasteiger partial charge is 0.390 e. The molecule has 2 unspecified atom stereocenters. The lowest BCUT2D eigenvalue weighted by atomic mass is 9.94. The van der Waals surface area contributed by atoms with Crippen molar-refractivity contribution in [2.24, 2.45) is 5.92 Å². The van der Waals surface area contributed by atoms with E-state index in [0.29, 0.717) is 12.3 Å². The molecule has 0 bridgehead atoms. The monoisotopic (exact) mass is 202 g/mol. The van der Waals surface area contributed by atoms with Gasteiger partial charge in [0, 0.05) is 6.42 Å². The number of rotatable bonds is 3. The summed E-state index contributed by atoms with van der Waals surface area (Å²) >= 11 is 0. The normalized spacial score (nSPS) is 39.0. The predicted molar refractivity (Wildman–Crippen MR) is 55.0 cm³/mol. The average molecular weight is 202 g/mol. The van der Waals surface area contributed by atoms with Gasteiger partial charge in [-0.05, 0) is 25.7 Å². The first kappa shape index (κ1) is 12.0. The van der Waals surface area contributed by atoms with Crippen molar-refractivity contribution in [1.29, 1.82) is 0 Å². The first-order chi connectivity index (χ1) is 6.50. The third-order valence-electron chi connectivity index (χ3n) is 2.87. The minimum absolute atomic E-state index is 0.0872. The van der Waals surface area contributed by atoms with Crippen LogP contribution in [0, 0.1) is 5.92 Å². The Bertz CT molecular complexity index is 170. The molecule has 1 aliphatic heterocycles. The van der Waals surface area contributed by atoms with Crippen LogP contribution in [0.25, 0.3) is 0 Å². The van der Waals surface area contributed by atoms with E-state index >= 15 is 0 Å². The molecule has 1 rings (SSSR count). The summed E-state index contributed by atoms with van der Waals surface area (Å²) in [5.74, 6) is 0.632. The van der Waals surface area contributed by atoms with Crippen LogP contribution in [0.1, 0.15) is 40.0 Å². The van der Waals surface area contributed by atoms with E-state index in [1.54, 1.807) is 0 Å². The van der Waals surface area contributed by atoms with Crippen LogP contribution in [0.2, 0.25) is 0 Å². The number of ether oxygens (including phenoxy) is 1. The van der Waals surface area contributed by atoms with Crippen LogP contribution in [-0.4, -0.2) is 34.6 Å². The molecule has 0 aromatic heterocycles. The quantitative estimate of drug-likeness (QED) is 0.725. The van der Waals surface area contributed by atoms with Crippen LogP contribution in [0.5, 0.6) is 0 Å². The lowest BCUT2D eigenvalue weighted by molar-refractivity contribution is -0.164. The predicted octanol–water partition coefficient (Wildman–Crippen LogP) is 1.32. The third kappa shape index (κ3) is 3.23. The fraction of sp³-hybridized carbons (Fsp3) is 1.00. The van der Waals surface area contributed by atoms with Gasteiger partial charge >= 0.3 is 0 Å². The van der Waals surface area contributed by atoms with Gasteiger partial charge in [0.05, 0.1) is 24.4 Å². The fourth-order valence-electron chi connectivity index (χ4n) is 1.81. The van der Waals surface area contributed by atoms with Crippen molar-refractivity contribution in [3.63, 3.8) is 0 Å². The molecule has 3 nitrogen and oxygen atoms in total. The summed E-state index contributed by atoms with van der Waals surface area (Å²) in [7, 11) is 0. The van der Waals surface area contributed by atoms with Crippen molar-refractivity contribution in [2.75, 3.05) is 0 Å². The number of aliphatic hydroxyl groups excluding tert-OH is 2. The molecule has 2 N–H and O–H groups in total. The first-order valence-electron chi connectivity index (χ1n) is 5.52. The van der Waals surface area contributed by atoms with E-state index < -0.39 is 12.2 Å². The molecule has 0 aromatic rings. The molecule has 4 atom stereocenters. The Morgan fingerprint density at radius 3 is 2.50 bits per heavy atom. The van der Waals surface area contributed by atoms with E-state index in [2.05, 4.69) is 13.8 Å². The molecule has 14 heavy (non-hydrogen) atoms. The Morgan fingerprint density at radius 1 is 1.29 bits per heavy atom. The second kappa shape index (κ2) is 5.10. The Labute approximate surface area is 86.1 Å². The van der Waals surface area contributed by atoms with Crippen molar-refractivity contribution < 1.29 is 14.9 Å². The fourth-order valence-corrected chi connectivity index (χ4v) is 1.81. The van der Waals surface area contributed by atoms with Crippen LogP contribution in [0.3, 0.4) is 0 Å². The highest BCUT2D eigenvalue weighted by molar-refractivity contribution is 4.82. The number of hydrogen-bond donors (Lipinski definition) is 2. The van der Waals surface area contributed by atoms with E-state index in [0.717, 1.165) is 12.8 Å². The molecule has 1 saturated heterocycles. The van der Waals surface area contributed by atoms with Crippen molar-refractivity contribution in [3.05, 3.63) is 0 Å². The molecule has 3 heteroatoms. The molecule has 0 aromatic carbocycles. The molecule has 1 heterocycles.